The van der Waals surface area contributed by atoms with Crippen molar-refractivity contribution in [2.45, 2.75) is 10.9 Å². The number of anilines is 1. The molecular formula is C18H24FN3O5S. The molecule has 0 aliphatic carbocycles. The van der Waals surface area contributed by atoms with Crippen LogP contribution in [-0.2, 0) is 19.3 Å². The highest BCUT2D eigenvalue weighted by molar-refractivity contribution is 7.92. The molecule has 3 fully saturated rings. The van der Waals surface area contributed by atoms with Crippen LogP contribution in [-0.4, -0.2) is 93.4 Å². The van der Waals surface area contributed by atoms with Crippen molar-refractivity contribution >= 4 is 21.6 Å². The van der Waals surface area contributed by atoms with Crippen molar-refractivity contribution in [3.8, 4) is 0 Å². The van der Waals surface area contributed by atoms with Crippen LogP contribution in [0.4, 0.5) is 14.9 Å². The largest absolute Gasteiger partial charge is 0.379 e. The zero-order valence-electron chi connectivity index (χ0n) is 15.5. The maximum absolute atomic E-state index is 12.9. The summed E-state index contributed by atoms with van der Waals surface area (Å²) in [4.78, 5) is 15.9. The van der Waals surface area contributed by atoms with E-state index >= 15 is 0 Å². The molecule has 4 rings (SSSR count). The Hall–Kier alpha value is -1.75. The quantitative estimate of drug-likeness (QED) is 0.779. The first-order valence-corrected chi connectivity index (χ1v) is 11.0. The van der Waals surface area contributed by atoms with Gasteiger partial charge in [-0.15, -0.1) is 0 Å². The minimum atomic E-state index is -3.31. The smallest absolute Gasteiger partial charge is 0.322 e. The first-order valence-electron chi connectivity index (χ1n) is 9.32. The SMILES string of the molecule is O=C(Nc1ccc(F)cc1)N1CC2(C1)CS(=O)(=O)[C@@H](CN1CCOCC1)CO2. The lowest BCUT2D eigenvalue weighted by Crippen LogP contribution is -2.71. The van der Waals surface area contributed by atoms with Gasteiger partial charge in [-0.25, -0.2) is 17.6 Å². The normalized spacial score (nSPS) is 26.6. The van der Waals surface area contributed by atoms with E-state index in [0.29, 0.717) is 25.4 Å². The van der Waals surface area contributed by atoms with E-state index in [1.165, 1.54) is 29.2 Å². The van der Waals surface area contributed by atoms with Crippen molar-refractivity contribution in [3.63, 3.8) is 0 Å². The Balaban J connectivity index is 1.30. The van der Waals surface area contributed by atoms with Crippen LogP contribution in [0.25, 0.3) is 0 Å². The second-order valence-electron chi connectivity index (χ2n) is 7.63. The zero-order chi connectivity index (χ0) is 19.8. The summed E-state index contributed by atoms with van der Waals surface area (Å²) in [5.74, 6) is -0.455. The molecule has 0 unspecified atom stereocenters. The molecule has 1 spiro atoms. The monoisotopic (exact) mass is 413 g/mol. The summed E-state index contributed by atoms with van der Waals surface area (Å²) in [6.45, 7) is 3.76. The molecule has 0 bridgehead atoms. The number of urea groups is 1. The molecule has 3 saturated heterocycles. The molecule has 8 nitrogen and oxygen atoms in total. The maximum Gasteiger partial charge on any atom is 0.322 e. The Morgan fingerprint density at radius 2 is 1.89 bits per heavy atom. The predicted molar refractivity (Wildman–Crippen MR) is 101 cm³/mol. The Kier molecular flexibility index (Phi) is 5.30. The van der Waals surface area contributed by atoms with Crippen LogP contribution >= 0.6 is 0 Å². The highest BCUT2D eigenvalue weighted by Gasteiger charge is 2.54. The number of nitrogens with one attached hydrogen (secondary N) is 1. The third-order valence-corrected chi connectivity index (χ3v) is 7.68. The summed E-state index contributed by atoms with van der Waals surface area (Å²) < 4.78 is 49.7. The molecule has 1 N–H and O–H groups in total. The van der Waals surface area contributed by atoms with E-state index in [1.807, 2.05) is 0 Å². The van der Waals surface area contributed by atoms with Crippen LogP contribution in [0.1, 0.15) is 0 Å². The van der Waals surface area contributed by atoms with Gasteiger partial charge >= 0.3 is 6.03 Å². The third kappa shape index (κ3) is 4.14. The molecule has 1 atom stereocenters. The van der Waals surface area contributed by atoms with Crippen molar-refractivity contribution < 1.29 is 27.1 Å². The number of likely N-dealkylation sites (tertiary alicyclic amines) is 1. The van der Waals surface area contributed by atoms with Gasteiger partial charge < -0.3 is 19.7 Å². The lowest BCUT2D eigenvalue weighted by atomic mass is 9.96. The highest BCUT2D eigenvalue weighted by Crippen LogP contribution is 2.33. The molecule has 0 saturated carbocycles. The molecule has 28 heavy (non-hydrogen) atoms. The fourth-order valence-electron chi connectivity index (χ4n) is 3.85. The van der Waals surface area contributed by atoms with E-state index in [4.69, 9.17) is 9.47 Å². The summed E-state index contributed by atoms with van der Waals surface area (Å²) in [6, 6.07) is 5.12. The fraction of sp³-hybridized carbons (Fsp3) is 0.611. The number of hydrogen-bond acceptors (Lipinski definition) is 6. The van der Waals surface area contributed by atoms with E-state index in [-0.39, 0.29) is 37.3 Å². The average Bonchev–Trinajstić information content (AvgIpc) is 2.64. The number of amides is 2. The van der Waals surface area contributed by atoms with Crippen LogP contribution in [0, 0.1) is 5.82 Å². The first kappa shape index (κ1) is 19.6. The number of carbonyl (C=O) groups is 1. The maximum atomic E-state index is 12.9. The lowest BCUT2D eigenvalue weighted by molar-refractivity contribution is -0.118. The van der Waals surface area contributed by atoms with Gasteiger partial charge in [-0.05, 0) is 24.3 Å². The minimum Gasteiger partial charge on any atom is -0.379 e. The summed E-state index contributed by atoms with van der Waals surface area (Å²) in [5, 5.41) is 2.13. The van der Waals surface area contributed by atoms with Gasteiger partial charge in [0.2, 0.25) is 0 Å². The van der Waals surface area contributed by atoms with E-state index in [2.05, 4.69) is 10.2 Å². The van der Waals surface area contributed by atoms with E-state index in [1.54, 1.807) is 0 Å². The molecule has 0 aromatic heterocycles. The van der Waals surface area contributed by atoms with Gasteiger partial charge in [0, 0.05) is 25.3 Å². The Morgan fingerprint density at radius 3 is 2.54 bits per heavy atom. The summed E-state index contributed by atoms with van der Waals surface area (Å²) >= 11 is 0. The number of morpholine rings is 1. The number of sulfone groups is 1. The van der Waals surface area contributed by atoms with Gasteiger partial charge in [-0.1, -0.05) is 0 Å². The molecule has 1 aromatic carbocycles. The van der Waals surface area contributed by atoms with Crippen LogP contribution in [0.2, 0.25) is 0 Å². The number of carbonyl (C=O) groups excluding carboxylic acids is 1. The van der Waals surface area contributed by atoms with Crippen molar-refractivity contribution in [1.29, 1.82) is 0 Å². The Labute approximate surface area is 163 Å². The molecule has 0 radical (unpaired) electrons. The van der Waals surface area contributed by atoms with Gasteiger partial charge in [0.25, 0.3) is 0 Å². The molecule has 2 amide bonds. The third-order valence-electron chi connectivity index (χ3n) is 5.45. The molecule has 3 aliphatic rings. The fourth-order valence-corrected chi connectivity index (χ4v) is 5.80. The van der Waals surface area contributed by atoms with Crippen LogP contribution in [0.3, 0.4) is 0 Å². The Morgan fingerprint density at radius 1 is 1.21 bits per heavy atom. The van der Waals surface area contributed by atoms with Crippen molar-refractivity contribution in [3.05, 3.63) is 30.1 Å². The summed E-state index contributed by atoms with van der Waals surface area (Å²) in [7, 11) is -3.31. The molecule has 10 heteroatoms. The molecule has 3 aliphatic heterocycles. The number of halogens is 1. The van der Waals surface area contributed by atoms with Crippen molar-refractivity contribution in [2.75, 3.05) is 63.6 Å². The predicted octanol–water partition coefficient (Wildman–Crippen LogP) is 0.558. The second kappa shape index (κ2) is 7.58. The van der Waals surface area contributed by atoms with Crippen LogP contribution in [0.5, 0.6) is 0 Å². The topological polar surface area (TPSA) is 88.2 Å². The van der Waals surface area contributed by atoms with Gasteiger partial charge in [-0.3, -0.25) is 4.90 Å². The molecule has 1 aromatic rings. The second-order valence-corrected chi connectivity index (χ2v) is 9.91. The summed E-state index contributed by atoms with van der Waals surface area (Å²) in [6.07, 6.45) is 0. The van der Waals surface area contributed by atoms with Gasteiger partial charge in [0.15, 0.2) is 9.84 Å². The number of hydrogen-bond donors (Lipinski definition) is 1. The molecule has 154 valence electrons. The van der Waals surface area contributed by atoms with Gasteiger partial charge in [-0.2, -0.15) is 0 Å². The lowest BCUT2D eigenvalue weighted by Gasteiger charge is -2.52. The van der Waals surface area contributed by atoms with Gasteiger partial charge in [0.05, 0.1) is 43.9 Å². The van der Waals surface area contributed by atoms with E-state index < -0.39 is 20.7 Å². The standard InChI is InChI=1S/C18H24FN3O5S/c19-14-1-3-15(4-2-14)20-17(23)22-11-18(12-22)13-28(24,25)16(10-27-18)9-21-5-7-26-8-6-21/h1-4,16H,5-13H2,(H,20,23)/t16-/m0/s1. The van der Waals surface area contributed by atoms with Crippen LogP contribution in [0.15, 0.2) is 24.3 Å². The number of nitrogens with zero attached hydrogens (tertiary/aromatic N) is 2. The van der Waals surface area contributed by atoms with Gasteiger partial charge in [0.1, 0.15) is 11.4 Å². The Bertz CT molecular complexity index is 820. The highest BCUT2D eigenvalue weighted by atomic mass is 32.2. The molecule has 3 heterocycles. The first-order chi connectivity index (χ1) is 13.4. The number of ether oxygens (including phenoxy) is 2. The minimum absolute atomic E-state index is 0.0741. The number of rotatable bonds is 3. The summed E-state index contributed by atoms with van der Waals surface area (Å²) in [5.41, 5.74) is -0.337. The molecular weight excluding hydrogens is 389 g/mol. The zero-order valence-corrected chi connectivity index (χ0v) is 16.3. The average molecular weight is 413 g/mol. The van der Waals surface area contributed by atoms with E-state index in [9.17, 15) is 17.6 Å². The van der Waals surface area contributed by atoms with Crippen LogP contribution < -0.4 is 5.32 Å². The number of benzene rings is 1. The van der Waals surface area contributed by atoms with Crippen molar-refractivity contribution in [2.24, 2.45) is 0 Å². The van der Waals surface area contributed by atoms with E-state index in [0.717, 1.165) is 13.1 Å². The van der Waals surface area contributed by atoms with Crippen molar-refractivity contribution in [1.82, 2.24) is 9.80 Å².